The summed E-state index contributed by atoms with van der Waals surface area (Å²) in [6.07, 6.45) is 0. The van der Waals surface area contributed by atoms with Gasteiger partial charge in [0.15, 0.2) is 4.34 Å². The molecule has 9 heteroatoms. The second-order valence-electron chi connectivity index (χ2n) is 6.41. The number of hydrogen-bond donors (Lipinski definition) is 3. The summed E-state index contributed by atoms with van der Waals surface area (Å²) in [6.45, 7) is 7.64. The Bertz CT molecular complexity index is 755. The Morgan fingerprint density at radius 1 is 1.20 bits per heavy atom. The molecule has 0 radical (unpaired) electrons. The van der Waals surface area contributed by atoms with E-state index >= 15 is 0 Å². The van der Waals surface area contributed by atoms with Crippen LogP contribution in [0.25, 0.3) is 0 Å². The van der Waals surface area contributed by atoms with Crippen LogP contribution in [0.1, 0.15) is 26.3 Å². The van der Waals surface area contributed by atoms with Crippen LogP contribution >= 0.6 is 23.1 Å². The lowest BCUT2D eigenvalue weighted by atomic mass is 10.1. The van der Waals surface area contributed by atoms with Crippen molar-refractivity contribution in [3.05, 3.63) is 29.8 Å². The molecule has 3 amide bonds. The Balaban J connectivity index is 1.81. The van der Waals surface area contributed by atoms with Gasteiger partial charge in [-0.25, -0.2) is 4.79 Å². The zero-order valence-electron chi connectivity index (χ0n) is 14.5. The summed E-state index contributed by atoms with van der Waals surface area (Å²) < 4.78 is 0.616. The third kappa shape index (κ3) is 7.10. The van der Waals surface area contributed by atoms with Gasteiger partial charge in [-0.1, -0.05) is 35.2 Å². The quantitative estimate of drug-likeness (QED) is 0.546. The van der Waals surface area contributed by atoms with E-state index < -0.39 is 0 Å². The lowest BCUT2D eigenvalue weighted by Gasteiger charge is -2.19. The average Bonchev–Trinajstić information content (AvgIpc) is 2.90. The zero-order valence-corrected chi connectivity index (χ0v) is 16.2. The minimum Gasteiger partial charge on any atom is -0.333 e. The summed E-state index contributed by atoms with van der Waals surface area (Å²) >= 11 is 2.50. The number of carbonyl (C=O) groups excluding carboxylic acids is 2. The predicted molar refractivity (Wildman–Crippen MR) is 102 cm³/mol. The van der Waals surface area contributed by atoms with Gasteiger partial charge < -0.3 is 10.6 Å². The van der Waals surface area contributed by atoms with Crippen LogP contribution < -0.4 is 16.0 Å². The first kappa shape index (κ1) is 19.2. The number of aryl methyl sites for hydroxylation is 1. The molecule has 0 unspecified atom stereocenters. The first-order valence-corrected chi connectivity index (χ1v) is 9.43. The van der Waals surface area contributed by atoms with Crippen molar-refractivity contribution in [2.75, 3.05) is 16.4 Å². The van der Waals surface area contributed by atoms with Gasteiger partial charge in [0.1, 0.15) is 0 Å². The molecule has 0 bridgehead atoms. The summed E-state index contributed by atoms with van der Waals surface area (Å²) in [4.78, 5) is 23.8. The topological polar surface area (TPSA) is 96.0 Å². The number of carbonyl (C=O) groups is 2. The highest BCUT2D eigenvalue weighted by atomic mass is 32.2. The number of rotatable bonds is 5. The third-order valence-corrected chi connectivity index (χ3v) is 4.72. The molecule has 0 aliphatic heterocycles. The molecule has 0 aliphatic rings. The number of urea groups is 1. The highest BCUT2D eigenvalue weighted by Gasteiger charge is 2.15. The number of anilines is 2. The van der Waals surface area contributed by atoms with Crippen LogP contribution in [-0.2, 0) is 4.79 Å². The molecule has 2 rings (SSSR count). The van der Waals surface area contributed by atoms with Gasteiger partial charge >= 0.3 is 6.03 Å². The molecule has 25 heavy (non-hydrogen) atoms. The van der Waals surface area contributed by atoms with E-state index in [-0.39, 0.29) is 23.2 Å². The fourth-order valence-corrected chi connectivity index (χ4v) is 3.38. The predicted octanol–water partition coefficient (Wildman–Crippen LogP) is 3.50. The van der Waals surface area contributed by atoms with E-state index in [1.165, 1.54) is 23.1 Å². The van der Waals surface area contributed by atoms with Gasteiger partial charge in [-0.05, 0) is 45.4 Å². The fraction of sp³-hybridized carbons (Fsp3) is 0.375. The number of benzene rings is 1. The average molecular weight is 380 g/mol. The second-order valence-corrected chi connectivity index (χ2v) is 8.61. The molecule has 0 saturated carbocycles. The number of aromatic nitrogens is 2. The third-order valence-electron chi connectivity index (χ3n) is 2.74. The minimum atomic E-state index is -0.336. The van der Waals surface area contributed by atoms with Crippen molar-refractivity contribution in [2.24, 2.45) is 0 Å². The maximum absolute atomic E-state index is 12.0. The number of nitrogens with zero attached hydrogens (tertiary/aromatic N) is 2. The normalized spacial score (nSPS) is 11.0. The Kier molecular flexibility index (Phi) is 6.38. The Morgan fingerprint density at radius 2 is 1.96 bits per heavy atom. The van der Waals surface area contributed by atoms with Gasteiger partial charge in [0, 0.05) is 11.2 Å². The first-order valence-electron chi connectivity index (χ1n) is 7.63. The minimum absolute atomic E-state index is 0.120. The van der Waals surface area contributed by atoms with Crippen molar-refractivity contribution >= 4 is 45.9 Å². The standard InChI is InChI=1S/C16H21N5O2S2/c1-10-6-5-7-11(8-10)17-12(22)9-24-15-21-20-14(25-15)18-13(23)19-16(2,3)4/h5-8H,9H2,1-4H3,(H,17,22)(H2,18,19,20,23). The number of hydrogen-bond acceptors (Lipinski definition) is 6. The molecule has 3 N–H and O–H groups in total. The lowest BCUT2D eigenvalue weighted by molar-refractivity contribution is -0.113. The molecular formula is C16H21N5O2S2. The fourth-order valence-electron chi connectivity index (χ4n) is 1.83. The monoisotopic (exact) mass is 379 g/mol. The lowest BCUT2D eigenvalue weighted by Crippen LogP contribution is -2.43. The molecular weight excluding hydrogens is 358 g/mol. The molecule has 0 atom stereocenters. The second kappa shape index (κ2) is 8.30. The summed E-state index contributed by atoms with van der Waals surface area (Å²) in [7, 11) is 0. The Hall–Kier alpha value is -2.13. The van der Waals surface area contributed by atoms with Crippen LogP contribution in [0.2, 0.25) is 0 Å². The van der Waals surface area contributed by atoms with Crippen molar-refractivity contribution in [3.63, 3.8) is 0 Å². The summed E-state index contributed by atoms with van der Waals surface area (Å²) in [5, 5.41) is 16.5. The molecule has 1 aromatic heterocycles. The molecule has 7 nitrogen and oxygen atoms in total. The van der Waals surface area contributed by atoms with Crippen LogP contribution in [0, 0.1) is 6.92 Å². The molecule has 0 spiro atoms. The van der Waals surface area contributed by atoms with Gasteiger partial charge in [-0.15, -0.1) is 10.2 Å². The molecule has 0 fully saturated rings. The molecule has 134 valence electrons. The highest BCUT2D eigenvalue weighted by molar-refractivity contribution is 8.01. The van der Waals surface area contributed by atoms with Gasteiger partial charge in [0.25, 0.3) is 0 Å². The van der Waals surface area contributed by atoms with Gasteiger partial charge in [0.2, 0.25) is 11.0 Å². The number of amides is 3. The van der Waals surface area contributed by atoms with E-state index in [1.54, 1.807) is 0 Å². The largest absolute Gasteiger partial charge is 0.333 e. The van der Waals surface area contributed by atoms with E-state index in [0.717, 1.165) is 11.3 Å². The Labute approximate surface area is 155 Å². The number of thioether (sulfide) groups is 1. The summed E-state index contributed by atoms with van der Waals surface area (Å²) in [5.41, 5.74) is 1.52. The summed E-state index contributed by atoms with van der Waals surface area (Å²) in [5.74, 6) is 0.0994. The van der Waals surface area contributed by atoms with Crippen molar-refractivity contribution in [1.82, 2.24) is 15.5 Å². The molecule has 0 aliphatic carbocycles. The molecule has 2 aromatic rings. The van der Waals surface area contributed by atoms with Crippen molar-refractivity contribution < 1.29 is 9.59 Å². The van der Waals surface area contributed by atoms with Crippen LogP contribution in [-0.4, -0.2) is 33.4 Å². The SMILES string of the molecule is Cc1cccc(NC(=O)CSc2nnc(NC(=O)NC(C)(C)C)s2)c1. The smallest absolute Gasteiger partial charge is 0.321 e. The highest BCUT2D eigenvalue weighted by Crippen LogP contribution is 2.25. The van der Waals surface area contributed by atoms with Crippen molar-refractivity contribution in [2.45, 2.75) is 37.6 Å². The van der Waals surface area contributed by atoms with Crippen LogP contribution in [0.15, 0.2) is 28.6 Å². The van der Waals surface area contributed by atoms with E-state index in [1.807, 2.05) is 52.0 Å². The van der Waals surface area contributed by atoms with Crippen molar-refractivity contribution in [1.29, 1.82) is 0 Å². The van der Waals surface area contributed by atoms with Gasteiger partial charge in [0.05, 0.1) is 5.75 Å². The van der Waals surface area contributed by atoms with E-state index in [0.29, 0.717) is 9.47 Å². The Morgan fingerprint density at radius 3 is 2.64 bits per heavy atom. The molecule has 1 heterocycles. The van der Waals surface area contributed by atoms with Crippen molar-refractivity contribution in [3.8, 4) is 0 Å². The van der Waals surface area contributed by atoms with Gasteiger partial charge in [-0.2, -0.15) is 0 Å². The summed E-state index contributed by atoms with van der Waals surface area (Å²) in [6, 6.07) is 7.27. The number of nitrogens with one attached hydrogen (secondary N) is 3. The zero-order chi connectivity index (χ0) is 18.4. The van der Waals surface area contributed by atoms with E-state index in [2.05, 4.69) is 26.1 Å². The van der Waals surface area contributed by atoms with Gasteiger partial charge in [-0.3, -0.25) is 10.1 Å². The maximum Gasteiger partial charge on any atom is 0.321 e. The van der Waals surface area contributed by atoms with Crippen LogP contribution in [0.3, 0.4) is 0 Å². The first-order chi connectivity index (χ1) is 11.7. The van der Waals surface area contributed by atoms with Crippen LogP contribution in [0.5, 0.6) is 0 Å². The van der Waals surface area contributed by atoms with E-state index in [9.17, 15) is 9.59 Å². The molecule has 0 saturated heterocycles. The maximum atomic E-state index is 12.0. The van der Waals surface area contributed by atoms with E-state index in [4.69, 9.17) is 0 Å². The van der Waals surface area contributed by atoms with Crippen LogP contribution in [0.4, 0.5) is 15.6 Å². The molecule has 1 aromatic carbocycles.